The van der Waals surface area contributed by atoms with Crippen molar-refractivity contribution < 1.29 is 28.7 Å². The maximum Gasteiger partial charge on any atom is 0.344 e. The molecule has 1 amide bonds. The topological polar surface area (TPSA) is 141 Å². The van der Waals surface area contributed by atoms with Crippen LogP contribution in [0.25, 0.3) is 0 Å². The number of nitro groups is 1. The van der Waals surface area contributed by atoms with Gasteiger partial charge in [-0.3, -0.25) is 14.9 Å². The van der Waals surface area contributed by atoms with Crippen LogP contribution in [0.5, 0.6) is 11.5 Å². The summed E-state index contributed by atoms with van der Waals surface area (Å²) in [4.78, 5) is 33.7. The van der Waals surface area contributed by atoms with E-state index in [2.05, 4.69) is 5.32 Å². The molecule has 1 N–H and O–H groups in total. The Labute approximate surface area is 159 Å². The van der Waals surface area contributed by atoms with E-state index in [1.54, 1.807) is 0 Å². The number of nitriles is 1. The minimum absolute atomic E-state index is 0.0954. The molecule has 0 aromatic heterocycles. The molecule has 0 spiro atoms. The molecule has 0 bridgehead atoms. The third kappa shape index (κ3) is 5.70. The SMILES string of the molecule is COc1cc([N+](=O)[O-])ccc1NC(=O)COC(=O)COc1ccc(C#N)cc1. The minimum Gasteiger partial charge on any atom is -0.494 e. The molecular formula is C18H15N3O7. The van der Waals surface area contributed by atoms with E-state index in [0.29, 0.717) is 11.3 Å². The summed E-state index contributed by atoms with van der Waals surface area (Å²) >= 11 is 0. The highest BCUT2D eigenvalue weighted by atomic mass is 16.6. The minimum atomic E-state index is -0.768. The number of carbonyl (C=O) groups excluding carboxylic acids is 2. The Morgan fingerprint density at radius 1 is 1.18 bits per heavy atom. The van der Waals surface area contributed by atoms with Crippen molar-refractivity contribution in [1.82, 2.24) is 0 Å². The number of anilines is 1. The Hall–Kier alpha value is -4.13. The summed E-state index contributed by atoms with van der Waals surface area (Å²) in [5.74, 6) is -0.955. The summed E-state index contributed by atoms with van der Waals surface area (Å²) in [6.07, 6.45) is 0. The Morgan fingerprint density at radius 3 is 2.50 bits per heavy atom. The van der Waals surface area contributed by atoms with Crippen LogP contribution in [-0.4, -0.2) is 37.1 Å². The van der Waals surface area contributed by atoms with E-state index in [1.807, 2.05) is 6.07 Å². The molecule has 28 heavy (non-hydrogen) atoms. The molecule has 0 unspecified atom stereocenters. The van der Waals surface area contributed by atoms with Gasteiger partial charge in [0.25, 0.3) is 11.6 Å². The van der Waals surface area contributed by atoms with Crippen LogP contribution in [0, 0.1) is 21.4 Å². The van der Waals surface area contributed by atoms with Crippen molar-refractivity contribution in [3.05, 3.63) is 58.1 Å². The van der Waals surface area contributed by atoms with Crippen LogP contribution in [0.4, 0.5) is 11.4 Å². The number of methoxy groups -OCH3 is 1. The van der Waals surface area contributed by atoms with Crippen LogP contribution >= 0.6 is 0 Å². The lowest BCUT2D eigenvalue weighted by Gasteiger charge is -2.10. The summed E-state index contributed by atoms with van der Waals surface area (Å²) in [6, 6.07) is 11.7. The van der Waals surface area contributed by atoms with Gasteiger partial charge in [0.2, 0.25) is 0 Å². The predicted octanol–water partition coefficient (Wildman–Crippen LogP) is 2.04. The van der Waals surface area contributed by atoms with E-state index in [4.69, 9.17) is 19.5 Å². The van der Waals surface area contributed by atoms with Gasteiger partial charge >= 0.3 is 5.97 Å². The fourth-order valence-corrected chi connectivity index (χ4v) is 2.04. The summed E-state index contributed by atoms with van der Waals surface area (Å²) in [6.45, 7) is -0.990. The summed E-state index contributed by atoms with van der Waals surface area (Å²) in [7, 11) is 1.30. The van der Waals surface area contributed by atoms with Gasteiger partial charge in [-0.05, 0) is 30.3 Å². The molecule has 0 saturated heterocycles. The van der Waals surface area contributed by atoms with Gasteiger partial charge in [0.1, 0.15) is 11.5 Å². The molecule has 10 heteroatoms. The molecule has 2 aromatic carbocycles. The second-order valence-corrected chi connectivity index (χ2v) is 5.28. The van der Waals surface area contributed by atoms with E-state index in [9.17, 15) is 19.7 Å². The fourth-order valence-electron chi connectivity index (χ4n) is 2.04. The molecule has 2 aromatic rings. The number of ether oxygens (including phenoxy) is 3. The van der Waals surface area contributed by atoms with Crippen LogP contribution in [-0.2, 0) is 14.3 Å². The first-order valence-corrected chi connectivity index (χ1v) is 7.84. The number of nitrogens with zero attached hydrogens (tertiary/aromatic N) is 2. The van der Waals surface area contributed by atoms with E-state index in [1.165, 1.54) is 43.5 Å². The van der Waals surface area contributed by atoms with Crippen LogP contribution in [0.3, 0.4) is 0 Å². The first kappa shape index (κ1) is 20.2. The van der Waals surface area contributed by atoms with Crippen molar-refractivity contribution in [2.45, 2.75) is 0 Å². The molecule has 0 heterocycles. The Kier molecular flexibility index (Phi) is 6.87. The number of hydrogen-bond donors (Lipinski definition) is 1. The molecule has 10 nitrogen and oxygen atoms in total. The Morgan fingerprint density at radius 2 is 1.89 bits per heavy atom. The maximum atomic E-state index is 11.9. The number of hydrogen-bond acceptors (Lipinski definition) is 8. The second-order valence-electron chi connectivity index (χ2n) is 5.28. The fraction of sp³-hybridized carbons (Fsp3) is 0.167. The van der Waals surface area contributed by atoms with Gasteiger partial charge < -0.3 is 19.5 Å². The number of esters is 1. The van der Waals surface area contributed by atoms with Gasteiger partial charge in [0.05, 0.1) is 35.4 Å². The molecular weight excluding hydrogens is 370 g/mol. The number of non-ortho nitro benzene ring substituents is 1. The monoisotopic (exact) mass is 385 g/mol. The first-order valence-electron chi connectivity index (χ1n) is 7.84. The van der Waals surface area contributed by atoms with Gasteiger partial charge in [-0.2, -0.15) is 5.26 Å². The number of benzene rings is 2. The average molecular weight is 385 g/mol. The Bertz CT molecular complexity index is 920. The summed E-state index contributed by atoms with van der Waals surface area (Å²) in [5, 5.41) is 21.9. The van der Waals surface area contributed by atoms with E-state index in [0.717, 1.165) is 6.07 Å². The van der Waals surface area contributed by atoms with Gasteiger partial charge in [0.15, 0.2) is 13.2 Å². The number of rotatable bonds is 8. The zero-order valence-corrected chi connectivity index (χ0v) is 14.7. The first-order chi connectivity index (χ1) is 13.4. The highest BCUT2D eigenvalue weighted by molar-refractivity contribution is 5.94. The third-order valence-corrected chi connectivity index (χ3v) is 3.37. The van der Waals surface area contributed by atoms with Crippen LogP contribution in [0.2, 0.25) is 0 Å². The van der Waals surface area contributed by atoms with Crippen molar-refractivity contribution >= 4 is 23.3 Å². The van der Waals surface area contributed by atoms with Crippen LogP contribution < -0.4 is 14.8 Å². The smallest absolute Gasteiger partial charge is 0.344 e. The molecule has 0 atom stereocenters. The molecule has 0 radical (unpaired) electrons. The zero-order valence-electron chi connectivity index (χ0n) is 14.7. The number of nitro benzene ring substituents is 1. The molecule has 0 aliphatic carbocycles. The number of nitrogens with one attached hydrogen (secondary N) is 1. The highest BCUT2D eigenvalue weighted by Crippen LogP contribution is 2.28. The highest BCUT2D eigenvalue weighted by Gasteiger charge is 2.14. The predicted molar refractivity (Wildman–Crippen MR) is 95.9 cm³/mol. The maximum absolute atomic E-state index is 11.9. The number of carbonyl (C=O) groups is 2. The van der Waals surface area contributed by atoms with Crippen molar-refractivity contribution in [3.8, 4) is 17.6 Å². The van der Waals surface area contributed by atoms with Gasteiger partial charge in [-0.25, -0.2) is 4.79 Å². The van der Waals surface area contributed by atoms with Crippen molar-refractivity contribution in [3.63, 3.8) is 0 Å². The van der Waals surface area contributed by atoms with Gasteiger partial charge in [0, 0.05) is 6.07 Å². The van der Waals surface area contributed by atoms with Gasteiger partial charge in [-0.15, -0.1) is 0 Å². The van der Waals surface area contributed by atoms with Crippen molar-refractivity contribution in [1.29, 1.82) is 5.26 Å². The zero-order chi connectivity index (χ0) is 20.5. The molecule has 2 rings (SSSR count). The third-order valence-electron chi connectivity index (χ3n) is 3.37. The standard InChI is InChI=1S/C18H15N3O7/c1-26-16-8-13(21(24)25)4-7-15(16)20-17(22)10-28-18(23)11-27-14-5-2-12(9-19)3-6-14/h2-8H,10-11H2,1H3,(H,20,22). The lowest BCUT2D eigenvalue weighted by atomic mass is 10.2. The van der Waals surface area contributed by atoms with Gasteiger partial charge in [-0.1, -0.05) is 0 Å². The molecule has 0 aliphatic heterocycles. The summed E-state index contributed by atoms with van der Waals surface area (Å²) < 4.78 is 15.0. The van der Waals surface area contributed by atoms with E-state index < -0.39 is 30.0 Å². The molecule has 0 aliphatic rings. The molecule has 0 saturated carbocycles. The molecule has 144 valence electrons. The van der Waals surface area contributed by atoms with E-state index in [-0.39, 0.29) is 17.1 Å². The normalized spacial score (nSPS) is 9.71. The summed E-state index contributed by atoms with van der Waals surface area (Å²) in [5.41, 5.74) is 0.456. The quantitative estimate of drug-likeness (QED) is 0.413. The largest absolute Gasteiger partial charge is 0.494 e. The van der Waals surface area contributed by atoms with E-state index >= 15 is 0 Å². The molecule has 0 fully saturated rings. The van der Waals surface area contributed by atoms with Crippen molar-refractivity contribution in [2.24, 2.45) is 0 Å². The van der Waals surface area contributed by atoms with Crippen molar-refractivity contribution in [2.75, 3.05) is 25.6 Å². The van der Waals surface area contributed by atoms with Crippen LogP contribution in [0.15, 0.2) is 42.5 Å². The number of amides is 1. The van der Waals surface area contributed by atoms with Crippen LogP contribution in [0.1, 0.15) is 5.56 Å². The Balaban J connectivity index is 1.82. The lowest BCUT2D eigenvalue weighted by Crippen LogP contribution is -2.23. The average Bonchev–Trinajstić information content (AvgIpc) is 2.71. The lowest BCUT2D eigenvalue weighted by molar-refractivity contribution is -0.384. The second kappa shape index (κ2) is 9.54.